The molecule has 3 rings (SSSR count). The van der Waals surface area contributed by atoms with Crippen molar-refractivity contribution in [2.24, 2.45) is 5.92 Å². The van der Waals surface area contributed by atoms with Crippen LogP contribution < -0.4 is 5.73 Å². The van der Waals surface area contributed by atoms with Crippen molar-refractivity contribution < 1.29 is 0 Å². The smallest absolute Gasteiger partial charge is 0.142 e. The van der Waals surface area contributed by atoms with Gasteiger partial charge < -0.3 is 5.73 Å². The summed E-state index contributed by atoms with van der Waals surface area (Å²) in [5.41, 5.74) is 10.3. The van der Waals surface area contributed by atoms with Gasteiger partial charge in [-0.15, -0.1) is 0 Å². The molecular formula is C16H16N4. The summed E-state index contributed by atoms with van der Waals surface area (Å²) >= 11 is 0. The maximum atomic E-state index is 9.43. The summed E-state index contributed by atoms with van der Waals surface area (Å²) in [6, 6.07) is 7.93. The van der Waals surface area contributed by atoms with Gasteiger partial charge in [0, 0.05) is 17.5 Å². The van der Waals surface area contributed by atoms with E-state index < -0.39 is 0 Å². The van der Waals surface area contributed by atoms with E-state index in [4.69, 9.17) is 5.73 Å². The van der Waals surface area contributed by atoms with Gasteiger partial charge in [-0.2, -0.15) is 5.26 Å². The minimum Gasteiger partial charge on any atom is -0.383 e. The van der Waals surface area contributed by atoms with E-state index in [9.17, 15) is 5.26 Å². The standard InChI is InChI=1S/C16H16N4/c1-10-5-6-13-11(8-10)15(12(9-17)16(18)20-13)14-4-2-3-7-19-14/h2-4,7,10H,5-6,8H2,1H3,(H2,18,20). The fourth-order valence-electron chi connectivity index (χ4n) is 2.86. The van der Waals surface area contributed by atoms with Crippen LogP contribution in [0.3, 0.4) is 0 Å². The molecular weight excluding hydrogens is 248 g/mol. The van der Waals surface area contributed by atoms with Crippen LogP contribution in [0.15, 0.2) is 24.4 Å². The second-order valence-electron chi connectivity index (χ2n) is 5.35. The lowest BCUT2D eigenvalue weighted by Crippen LogP contribution is -2.17. The van der Waals surface area contributed by atoms with Crippen molar-refractivity contribution in [2.45, 2.75) is 26.2 Å². The van der Waals surface area contributed by atoms with E-state index in [1.54, 1.807) is 6.20 Å². The van der Waals surface area contributed by atoms with Crippen LogP contribution in [0.4, 0.5) is 5.82 Å². The van der Waals surface area contributed by atoms with Crippen molar-refractivity contribution in [1.29, 1.82) is 5.26 Å². The molecule has 0 radical (unpaired) electrons. The van der Waals surface area contributed by atoms with Crippen LogP contribution in [0, 0.1) is 17.2 Å². The topological polar surface area (TPSA) is 75.6 Å². The van der Waals surface area contributed by atoms with Crippen LogP contribution in [0.1, 0.15) is 30.2 Å². The Hall–Kier alpha value is -2.41. The molecule has 100 valence electrons. The van der Waals surface area contributed by atoms with Crippen molar-refractivity contribution in [1.82, 2.24) is 9.97 Å². The largest absolute Gasteiger partial charge is 0.383 e. The maximum Gasteiger partial charge on any atom is 0.142 e. The Kier molecular flexibility index (Phi) is 3.11. The third-order valence-corrected chi connectivity index (χ3v) is 3.87. The van der Waals surface area contributed by atoms with Crippen LogP contribution in [-0.4, -0.2) is 9.97 Å². The first kappa shape index (κ1) is 12.6. The van der Waals surface area contributed by atoms with Crippen molar-refractivity contribution in [3.05, 3.63) is 41.2 Å². The summed E-state index contributed by atoms with van der Waals surface area (Å²) in [5, 5.41) is 9.43. The van der Waals surface area contributed by atoms with Gasteiger partial charge in [-0.3, -0.25) is 4.98 Å². The molecule has 0 amide bonds. The first-order valence-electron chi connectivity index (χ1n) is 6.83. The number of hydrogen-bond acceptors (Lipinski definition) is 4. The minimum atomic E-state index is 0.321. The van der Waals surface area contributed by atoms with Gasteiger partial charge in [-0.1, -0.05) is 13.0 Å². The molecule has 0 aromatic carbocycles. The van der Waals surface area contributed by atoms with Crippen LogP contribution in [0.2, 0.25) is 0 Å². The maximum absolute atomic E-state index is 9.43. The van der Waals surface area contributed by atoms with Gasteiger partial charge in [0.1, 0.15) is 17.5 Å². The average molecular weight is 264 g/mol. The molecule has 0 saturated carbocycles. The van der Waals surface area contributed by atoms with E-state index in [0.29, 0.717) is 17.3 Å². The van der Waals surface area contributed by atoms with Crippen molar-refractivity contribution in [3.8, 4) is 17.3 Å². The second kappa shape index (κ2) is 4.93. The van der Waals surface area contributed by atoms with Gasteiger partial charge in [0.05, 0.1) is 5.69 Å². The number of anilines is 1. The Balaban J connectivity index is 2.30. The molecule has 4 nitrogen and oxygen atoms in total. The quantitative estimate of drug-likeness (QED) is 0.859. The summed E-state index contributed by atoms with van der Waals surface area (Å²) in [5.74, 6) is 0.920. The SMILES string of the molecule is CC1CCc2nc(N)c(C#N)c(-c3ccccn3)c2C1. The van der Waals surface area contributed by atoms with Crippen molar-refractivity contribution >= 4 is 5.82 Å². The van der Waals surface area contributed by atoms with E-state index in [0.717, 1.165) is 41.8 Å². The molecule has 1 atom stereocenters. The highest BCUT2D eigenvalue weighted by Crippen LogP contribution is 2.36. The fourth-order valence-corrected chi connectivity index (χ4v) is 2.86. The van der Waals surface area contributed by atoms with Crippen LogP contribution in [-0.2, 0) is 12.8 Å². The fraction of sp³-hybridized carbons (Fsp3) is 0.312. The Morgan fingerprint density at radius 1 is 1.40 bits per heavy atom. The summed E-state index contributed by atoms with van der Waals surface area (Å²) in [6.45, 7) is 2.23. The summed E-state index contributed by atoms with van der Waals surface area (Å²) < 4.78 is 0. The first-order valence-corrected chi connectivity index (χ1v) is 6.83. The summed E-state index contributed by atoms with van der Waals surface area (Å²) in [6.07, 6.45) is 4.72. The molecule has 0 spiro atoms. The number of fused-ring (bicyclic) bond motifs is 1. The molecule has 1 unspecified atom stereocenters. The number of aromatic nitrogens is 2. The van der Waals surface area contributed by atoms with Crippen molar-refractivity contribution in [3.63, 3.8) is 0 Å². The van der Waals surface area contributed by atoms with Crippen LogP contribution in [0.25, 0.3) is 11.3 Å². The van der Waals surface area contributed by atoms with Crippen molar-refractivity contribution in [2.75, 3.05) is 5.73 Å². The monoisotopic (exact) mass is 264 g/mol. The number of rotatable bonds is 1. The van der Waals surface area contributed by atoms with Gasteiger partial charge in [0.2, 0.25) is 0 Å². The zero-order chi connectivity index (χ0) is 14.1. The lowest BCUT2D eigenvalue weighted by atomic mass is 9.83. The molecule has 2 N–H and O–H groups in total. The summed E-state index contributed by atoms with van der Waals surface area (Å²) in [4.78, 5) is 8.83. The Morgan fingerprint density at radius 3 is 2.95 bits per heavy atom. The molecule has 4 heteroatoms. The molecule has 0 aliphatic heterocycles. The Labute approximate surface area is 118 Å². The average Bonchev–Trinajstić information content (AvgIpc) is 2.47. The third-order valence-electron chi connectivity index (χ3n) is 3.87. The van der Waals surface area contributed by atoms with Gasteiger partial charge in [-0.05, 0) is 42.9 Å². The Morgan fingerprint density at radius 2 is 2.25 bits per heavy atom. The van der Waals surface area contributed by atoms with Crippen LogP contribution >= 0.6 is 0 Å². The zero-order valence-corrected chi connectivity index (χ0v) is 11.4. The number of nitriles is 1. The van der Waals surface area contributed by atoms with E-state index in [2.05, 4.69) is 23.0 Å². The lowest BCUT2D eigenvalue weighted by Gasteiger charge is -2.24. The highest BCUT2D eigenvalue weighted by Gasteiger charge is 2.25. The number of nitrogens with two attached hydrogens (primary N) is 1. The van der Waals surface area contributed by atoms with E-state index in [1.165, 1.54) is 0 Å². The molecule has 2 aromatic rings. The number of nitrogens with zero attached hydrogens (tertiary/aromatic N) is 3. The van der Waals surface area contributed by atoms with Gasteiger partial charge in [0.15, 0.2) is 0 Å². The van der Waals surface area contributed by atoms with Crippen LogP contribution in [0.5, 0.6) is 0 Å². The number of nitrogen functional groups attached to an aromatic ring is 1. The minimum absolute atomic E-state index is 0.321. The molecule has 1 aliphatic rings. The third kappa shape index (κ3) is 2.01. The number of pyridine rings is 2. The molecule has 0 fully saturated rings. The highest BCUT2D eigenvalue weighted by molar-refractivity contribution is 5.77. The van der Waals surface area contributed by atoms with Gasteiger partial charge >= 0.3 is 0 Å². The van der Waals surface area contributed by atoms with Gasteiger partial charge in [-0.25, -0.2) is 4.98 Å². The predicted octanol–water partition coefficient (Wildman–Crippen LogP) is 2.72. The Bertz CT molecular complexity index is 686. The number of aryl methyl sites for hydroxylation is 1. The first-order chi connectivity index (χ1) is 9.70. The number of hydrogen-bond donors (Lipinski definition) is 1. The molecule has 1 aliphatic carbocycles. The van der Waals surface area contributed by atoms with E-state index in [-0.39, 0.29) is 0 Å². The second-order valence-corrected chi connectivity index (χ2v) is 5.35. The molecule has 0 bridgehead atoms. The van der Waals surface area contributed by atoms with E-state index in [1.807, 2.05) is 18.2 Å². The molecule has 2 heterocycles. The van der Waals surface area contributed by atoms with E-state index >= 15 is 0 Å². The summed E-state index contributed by atoms with van der Waals surface area (Å²) in [7, 11) is 0. The molecule has 20 heavy (non-hydrogen) atoms. The molecule has 0 saturated heterocycles. The lowest BCUT2D eigenvalue weighted by molar-refractivity contribution is 0.495. The zero-order valence-electron chi connectivity index (χ0n) is 11.4. The predicted molar refractivity (Wildman–Crippen MR) is 77.8 cm³/mol. The highest BCUT2D eigenvalue weighted by atomic mass is 14.9. The van der Waals surface area contributed by atoms with Gasteiger partial charge in [0.25, 0.3) is 0 Å². The normalized spacial score (nSPS) is 17.3. The molecule has 2 aromatic heterocycles.